The second-order valence-corrected chi connectivity index (χ2v) is 4.47. The number of hydrogen-bond donors (Lipinski definition) is 2. The van der Waals surface area contributed by atoms with Gasteiger partial charge in [-0.1, -0.05) is 0 Å². The Hall–Kier alpha value is -1.68. The fourth-order valence-electron chi connectivity index (χ4n) is 1.77. The molecular weight excluding hydrogens is 389 g/mol. The van der Waals surface area contributed by atoms with Crippen molar-refractivity contribution in [1.82, 2.24) is 14.6 Å². The first kappa shape index (κ1) is 14.7. The Bertz CT molecular complexity index is 749. The molecule has 0 spiro atoms. The normalized spacial score (nSPS) is 10.2. The molecule has 0 saturated carbocycles. The molecule has 3 aromatic rings. The van der Waals surface area contributed by atoms with E-state index in [9.17, 15) is 0 Å². The molecule has 0 aliphatic rings. The zero-order chi connectivity index (χ0) is 13.4. The maximum atomic E-state index is 5.61. The van der Waals surface area contributed by atoms with E-state index in [0.29, 0.717) is 11.6 Å². The predicted molar refractivity (Wildman–Crippen MR) is 91.2 cm³/mol. The Kier molecular flexibility index (Phi) is 4.23. The van der Waals surface area contributed by atoms with E-state index >= 15 is 0 Å². The van der Waals surface area contributed by atoms with Crippen molar-refractivity contribution < 1.29 is 4.42 Å². The van der Waals surface area contributed by atoms with Gasteiger partial charge in [-0.3, -0.25) is 0 Å². The molecule has 0 saturated heterocycles. The molecule has 0 bridgehead atoms. The maximum absolute atomic E-state index is 5.61. The molecule has 0 aliphatic heterocycles. The molecular formula is C12H12IN5OS. The van der Waals surface area contributed by atoms with Crippen LogP contribution in [0.2, 0.25) is 0 Å². The number of hydrogen-bond acceptors (Lipinski definition) is 4. The number of halogens is 1. The highest BCUT2D eigenvalue weighted by atomic mass is 127. The summed E-state index contributed by atoms with van der Waals surface area (Å²) >= 11 is 4.78. The van der Waals surface area contributed by atoms with E-state index in [1.807, 2.05) is 31.2 Å². The van der Waals surface area contributed by atoms with Crippen LogP contribution in [0.25, 0.3) is 17.2 Å². The molecule has 3 N–H and O–H groups in total. The number of aromatic nitrogens is 3. The van der Waals surface area contributed by atoms with Crippen LogP contribution in [0.5, 0.6) is 0 Å². The zero-order valence-corrected chi connectivity index (χ0v) is 13.7. The highest BCUT2D eigenvalue weighted by Crippen LogP contribution is 2.22. The molecule has 2 heterocycles. The van der Waals surface area contributed by atoms with E-state index in [1.165, 1.54) is 0 Å². The first-order valence-corrected chi connectivity index (χ1v) is 6.02. The minimum absolute atomic E-state index is 0. The van der Waals surface area contributed by atoms with Crippen LogP contribution in [0.1, 0.15) is 5.82 Å². The molecule has 0 radical (unpaired) electrons. The fraction of sp³-hybridized carbons (Fsp3) is 0.0833. The summed E-state index contributed by atoms with van der Waals surface area (Å²) in [4.78, 5) is 4.11. The summed E-state index contributed by atoms with van der Waals surface area (Å²) in [5.74, 6) is 1.33. The lowest BCUT2D eigenvalue weighted by Crippen LogP contribution is -2.18. The average Bonchev–Trinajstić information content (AvgIpc) is 2.92. The second-order valence-electron chi connectivity index (χ2n) is 4.03. The van der Waals surface area contributed by atoms with Gasteiger partial charge < -0.3 is 15.5 Å². The molecule has 3 rings (SSSR count). The SMILES string of the molecule is Cc1ncc2oc(-c3ccc(NC(N)=S)cc3)nn12.I. The molecule has 0 atom stereocenters. The average molecular weight is 401 g/mol. The standard InChI is InChI=1S/C12H11N5OS.HI/c1-7-14-6-10-17(7)16-11(18-10)8-2-4-9(5-3-8)15-12(13)19;/h2-6H,1H3,(H3,13,15,19);1H. The van der Waals surface area contributed by atoms with Gasteiger partial charge >= 0.3 is 0 Å². The summed E-state index contributed by atoms with van der Waals surface area (Å²) in [7, 11) is 0. The van der Waals surface area contributed by atoms with Crippen molar-refractivity contribution in [2.24, 2.45) is 5.73 Å². The summed E-state index contributed by atoms with van der Waals surface area (Å²) in [6.45, 7) is 1.87. The fourth-order valence-corrected chi connectivity index (χ4v) is 1.89. The van der Waals surface area contributed by atoms with Crippen molar-refractivity contribution in [2.75, 3.05) is 5.32 Å². The summed E-state index contributed by atoms with van der Waals surface area (Å²) in [5.41, 5.74) is 7.73. The summed E-state index contributed by atoms with van der Waals surface area (Å²) in [5, 5.41) is 7.44. The lowest BCUT2D eigenvalue weighted by Gasteiger charge is -2.03. The van der Waals surface area contributed by atoms with Gasteiger partial charge in [0.25, 0.3) is 0 Å². The number of nitrogens with zero attached hydrogens (tertiary/aromatic N) is 3. The highest BCUT2D eigenvalue weighted by molar-refractivity contribution is 14.0. The third kappa shape index (κ3) is 2.75. The maximum Gasteiger partial charge on any atom is 0.246 e. The molecule has 0 aliphatic carbocycles. The van der Waals surface area contributed by atoms with Crippen molar-refractivity contribution in [3.63, 3.8) is 0 Å². The Morgan fingerprint density at radius 1 is 1.35 bits per heavy atom. The monoisotopic (exact) mass is 401 g/mol. The number of thiocarbonyl (C=S) groups is 1. The van der Waals surface area contributed by atoms with Gasteiger partial charge in [-0.25, -0.2) is 4.98 Å². The largest absolute Gasteiger partial charge is 0.417 e. The molecule has 1 aromatic carbocycles. The first-order valence-electron chi connectivity index (χ1n) is 5.61. The smallest absolute Gasteiger partial charge is 0.246 e. The van der Waals surface area contributed by atoms with Crippen molar-refractivity contribution in [2.45, 2.75) is 6.92 Å². The molecule has 0 amide bonds. The molecule has 0 unspecified atom stereocenters. The van der Waals surface area contributed by atoms with E-state index in [2.05, 4.69) is 15.4 Å². The van der Waals surface area contributed by atoms with E-state index in [4.69, 9.17) is 22.4 Å². The van der Waals surface area contributed by atoms with Crippen molar-refractivity contribution in [1.29, 1.82) is 0 Å². The van der Waals surface area contributed by atoms with Crippen LogP contribution in [0.15, 0.2) is 34.9 Å². The van der Waals surface area contributed by atoms with Crippen molar-refractivity contribution in [3.8, 4) is 11.5 Å². The molecule has 104 valence electrons. The van der Waals surface area contributed by atoms with Gasteiger partial charge in [0.1, 0.15) is 5.82 Å². The predicted octanol–water partition coefficient (Wildman–Crippen LogP) is 2.57. The van der Waals surface area contributed by atoms with Crippen molar-refractivity contribution in [3.05, 3.63) is 36.3 Å². The minimum Gasteiger partial charge on any atom is -0.417 e. The van der Waals surface area contributed by atoms with Gasteiger partial charge in [-0.2, -0.15) is 4.52 Å². The van der Waals surface area contributed by atoms with Crippen LogP contribution in [-0.4, -0.2) is 19.7 Å². The number of nitrogens with one attached hydrogen (secondary N) is 1. The van der Waals surface area contributed by atoms with Gasteiger partial charge in [0.2, 0.25) is 11.6 Å². The van der Waals surface area contributed by atoms with Gasteiger partial charge in [0.15, 0.2) is 5.11 Å². The molecule has 2 aromatic heterocycles. The quantitative estimate of drug-likeness (QED) is 0.508. The number of nitrogens with two attached hydrogens (primary N) is 1. The van der Waals surface area contributed by atoms with Crippen molar-refractivity contribution >= 4 is 52.7 Å². The van der Waals surface area contributed by atoms with E-state index in [-0.39, 0.29) is 29.1 Å². The van der Waals surface area contributed by atoms with Gasteiger partial charge in [-0.15, -0.1) is 29.1 Å². The minimum atomic E-state index is 0. The number of benzene rings is 1. The van der Waals surface area contributed by atoms with E-state index in [1.54, 1.807) is 10.7 Å². The topological polar surface area (TPSA) is 81.4 Å². The summed E-state index contributed by atoms with van der Waals surface area (Å²) in [6, 6.07) is 7.49. The second kappa shape index (κ2) is 5.75. The lowest BCUT2D eigenvalue weighted by atomic mass is 10.2. The van der Waals surface area contributed by atoms with Crippen LogP contribution < -0.4 is 11.1 Å². The van der Waals surface area contributed by atoms with Crippen LogP contribution >= 0.6 is 36.2 Å². The molecule has 20 heavy (non-hydrogen) atoms. The van der Waals surface area contributed by atoms with Crippen LogP contribution in [0.4, 0.5) is 5.69 Å². The van der Waals surface area contributed by atoms with Gasteiger partial charge in [0, 0.05) is 11.3 Å². The van der Waals surface area contributed by atoms with Gasteiger partial charge in [-0.05, 0) is 43.4 Å². The van der Waals surface area contributed by atoms with E-state index < -0.39 is 0 Å². The number of rotatable bonds is 2. The molecule has 0 fully saturated rings. The third-order valence-corrected chi connectivity index (χ3v) is 2.77. The summed E-state index contributed by atoms with van der Waals surface area (Å²) in [6.07, 6.45) is 1.65. The van der Waals surface area contributed by atoms with Crippen LogP contribution in [0.3, 0.4) is 0 Å². The Morgan fingerprint density at radius 3 is 2.65 bits per heavy atom. The summed E-state index contributed by atoms with van der Waals surface area (Å²) < 4.78 is 7.28. The number of aryl methyl sites for hydroxylation is 1. The van der Waals surface area contributed by atoms with Gasteiger partial charge in [0.05, 0.1) is 6.20 Å². The highest BCUT2D eigenvalue weighted by Gasteiger charge is 2.10. The lowest BCUT2D eigenvalue weighted by molar-refractivity contribution is 0.617. The van der Waals surface area contributed by atoms with Crippen LogP contribution in [0, 0.1) is 6.92 Å². The Labute approximate surface area is 137 Å². The molecule has 8 heteroatoms. The Morgan fingerprint density at radius 2 is 2.05 bits per heavy atom. The number of imidazole rings is 1. The van der Waals surface area contributed by atoms with E-state index in [0.717, 1.165) is 17.1 Å². The number of fused-ring (bicyclic) bond motifs is 1. The first-order chi connectivity index (χ1) is 9.13. The number of anilines is 1. The Balaban J connectivity index is 0.00000147. The van der Waals surface area contributed by atoms with Crippen LogP contribution in [-0.2, 0) is 0 Å². The zero-order valence-electron chi connectivity index (χ0n) is 10.5. The third-order valence-electron chi connectivity index (χ3n) is 2.67. The molecule has 6 nitrogen and oxygen atoms in total.